The summed E-state index contributed by atoms with van der Waals surface area (Å²) in [7, 11) is 0. The average molecular weight is 313 g/mol. The van der Waals surface area contributed by atoms with E-state index in [1.54, 1.807) is 0 Å². The summed E-state index contributed by atoms with van der Waals surface area (Å²) in [6.45, 7) is 1.99. The quantitative estimate of drug-likeness (QED) is 0.715. The van der Waals surface area contributed by atoms with Crippen LogP contribution in [0.2, 0.25) is 0 Å². The van der Waals surface area contributed by atoms with E-state index in [2.05, 4.69) is 63.3 Å². The second-order valence-electron chi connectivity index (χ2n) is 4.92. The van der Waals surface area contributed by atoms with Crippen LogP contribution in [0, 0.1) is 0 Å². The van der Waals surface area contributed by atoms with Gasteiger partial charge in [-0.3, -0.25) is 4.99 Å². The first-order valence-corrected chi connectivity index (χ1v) is 7.35. The Balaban J connectivity index is 2.06. The number of halogens is 1. The minimum Gasteiger partial charge on any atom is -0.326 e. The van der Waals surface area contributed by atoms with Gasteiger partial charge >= 0.3 is 0 Å². The largest absolute Gasteiger partial charge is 0.326 e. The Morgan fingerprint density at radius 2 is 1.84 bits per heavy atom. The minimum absolute atomic E-state index is 0.937. The van der Waals surface area contributed by atoms with Crippen molar-refractivity contribution in [2.24, 2.45) is 4.99 Å². The molecule has 0 unspecified atom stereocenters. The number of benzene rings is 2. The first-order chi connectivity index (χ1) is 9.34. The maximum absolute atomic E-state index is 4.74. The standard InChI is InChI=1S/C16H13BrN2/c17-11-6-7-15-14(10-11)12-4-1-2-5-13(12)16-18-8-3-9-19(15)16/h1-2,4-7,10H,3,8-9H2. The molecular weight excluding hydrogens is 300 g/mol. The molecule has 2 nitrogen and oxygen atoms in total. The highest BCUT2D eigenvalue weighted by atomic mass is 79.9. The highest BCUT2D eigenvalue weighted by molar-refractivity contribution is 9.10. The Bertz CT molecular complexity index is 691. The number of fused-ring (bicyclic) bond motifs is 6. The van der Waals surface area contributed by atoms with E-state index < -0.39 is 0 Å². The lowest BCUT2D eigenvalue weighted by Crippen LogP contribution is -2.39. The van der Waals surface area contributed by atoms with Gasteiger partial charge < -0.3 is 4.90 Å². The third-order valence-corrected chi connectivity index (χ3v) is 4.26. The smallest absolute Gasteiger partial charge is 0.136 e. The Morgan fingerprint density at radius 3 is 2.74 bits per heavy atom. The lowest BCUT2D eigenvalue weighted by molar-refractivity contribution is 0.789. The highest BCUT2D eigenvalue weighted by Gasteiger charge is 2.28. The van der Waals surface area contributed by atoms with Crippen LogP contribution in [0.15, 0.2) is 51.9 Å². The van der Waals surface area contributed by atoms with Crippen LogP contribution in [-0.2, 0) is 0 Å². The van der Waals surface area contributed by atoms with Gasteiger partial charge in [0.15, 0.2) is 0 Å². The lowest BCUT2D eigenvalue weighted by atomic mass is 9.92. The van der Waals surface area contributed by atoms with Crippen LogP contribution in [0.25, 0.3) is 11.1 Å². The Hall–Kier alpha value is -1.61. The van der Waals surface area contributed by atoms with Crippen molar-refractivity contribution in [1.82, 2.24) is 0 Å². The van der Waals surface area contributed by atoms with Crippen molar-refractivity contribution in [3.63, 3.8) is 0 Å². The molecule has 2 aromatic carbocycles. The molecule has 3 heteroatoms. The first kappa shape index (κ1) is 11.2. The molecule has 2 heterocycles. The zero-order valence-corrected chi connectivity index (χ0v) is 12.0. The number of nitrogens with zero attached hydrogens (tertiary/aromatic N) is 2. The van der Waals surface area contributed by atoms with Crippen LogP contribution >= 0.6 is 15.9 Å². The molecule has 0 bridgehead atoms. The molecule has 4 rings (SSSR count). The minimum atomic E-state index is 0.937. The molecule has 19 heavy (non-hydrogen) atoms. The first-order valence-electron chi connectivity index (χ1n) is 6.56. The predicted molar refractivity (Wildman–Crippen MR) is 82.9 cm³/mol. The number of rotatable bonds is 0. The predicted octanol–water partition coefficient (Wildman–Crippen LogP) is 4.09. The Labute approximate surface area is 120 Å². The number of amidine groups is 1. The zero-order chi connectivity index (χ0) is 12.8. The molecule has 0 fully saturated rings. The summed E-state index contributed by atoms with van der Waals surface area (Å²) in [5.41, 5.74) is 5.12. The van der Waals surface area contributed by atoms with Gasteiger partial charge in [0.2, 0.25) is 0 Å². The summed E-state index contributed by atoms with van der Waals surface area (Å²) >= 11 is 3.58. The maximum atomic E-state index is 4.74. The van der Waals surface area contributed by atoms with Crippen LogP contribution < -0.4 is 4.90 Å². The van der Waals surface area contributed by atoms with E-state index in [9.17, 15) is 0 Å². The molecule has 94 valence electrons. The van der Waals surface area contributed by atoms with Gasteiger partial charge in [0, 0.05) is 28.7 Å². The van der Waals surface area contributed by atoms with E-state index in [1.165, 1.54) is 22.4 Å². The van der Waals surface area contributed by atoms with Crippen LogP contribution in [0.5, 0.6) is 0 Å². The average Bonchev–Trinajstić information content (AvgIpc) is 2.47. The molecule has 0 amide bonds. The van der Waals surface area contributed by atoms with E-state index in [1.807, 2.05) is 0 Å². The summed E-state index contributed by atoms with van der Waals surface area (Å²) in [6, 6.07) is 15.1. The fraction of sp³-hybridized carbons (Fsp3) is 0.188. The van der Waals surface area contributed by atoms with Crippen molar-refractivity contribution < 1.29 is 0 Å². The monoisotopic (exact) mass is 312 g/mol. The number of hydrogen-bond acceptors (Lipinski definition) is 2. The summed E-state index contributed by atoms with van der Waals surface area (Å²) < 4.78 is 1.12. The van der Waals surface area contributed by atoms with Crippen molar-refractivity contribution in [1.29, 1.82) is 0 Å². The molecule has 2 aliphatic rings. The van der Waals surface area contributed by atoms with Gasteiger partial charge in [-0.15, -0.1) is 0 Å². The molecule has 2 aliphatic heterocycles. The van der Waals surface area contributed by atoms with Gasteiger partial charge in [0.1, 0.15) is 5.84 Å². The van der Waals surface area contributed by atoms with Crippen molar-refractivity contribution in [3.05, 3.63) is 52.5 Å². The van der Waals surface area contributed by atoms with Gasteiger partial charge in [-0.2, -0.15) is 0 Å². The molecule has 2 aromatic rings. The molecule has 0 aliphatic carbocycles. The molecule has 0 spiro atoms. The number of anilines is 1. The van der Waals surface area contributed by atoms with Crippen molar-refractivity contribution in [2.75, 3.05) is 18.0 Å². The normalized spacial score (nSPS) is 16.3. The Morgan fingerprint density at radius 1 is 1.00 bits per heavy atom. The fourth-order valence-corrected chi connectivity index (χ4v) is 3.30. The number of hydrogen-bond donors (Lipinski definition) is 0. The second-order valence-corrected chi connectivity index (χ2v) is 5.83. The molecule has 0 atom stereocenters. The fourth-order valence-electron chi connectivity index (χ4n) is 2.94. The topological polar surface area (TPSA) is 15.6 Å². The van der Waals surface area contributed by atoms with Crippen molar-refractivity contribution >= 4 is 27.5 Å². The van der Waals surface area contributed by atoms with Gasteiger partial charge in [0.05, 0.1) is 5.69 Å². The number of aliphatic imine (C=N–C) groups is 1. The summed E-state index contributed by atoms with van der Waals surface area (Å²) in [6.07, 6.45) is 1.13. The van der Waals surface area contributed by atoms with Crippen molar-refractivity contribution in [2.45, 2.75) is 6.42 Å². The van der Waals surface area contributed by atoms with Gasteiger partial charge in [-0.1, -0.05) is 40.2 Å². The van der Waals surface area contributed by atoms with Crippen molar-refractivity contribution in [3.8, 4) is 11.1 Å². The lowest BCUT2D eigenvalue weighted by Gasteiger charge is -2.36. The van der Waals surface area contributed by atoms with Crippen LogP contribution in [0.3, 0.4) is 0 Å². The van der Waals surface area contributed by atoms with Crippen LogP contribution in [-0.4, -0.2) is 18.9 Å². The third-order valence-electron chi connectivity index (χ3n) is 3.76. The maximum Gasteiger partial charge on any atom is 0.136 e. The Kier molecular flexibility index (Phi) is 2.49. The van der Waals surface area contributed by atoms with Gasteiger partial charge in [-0.05, 0) is 30.2 Å². The highest BCUT2D eigenvalue weighted by Crippen LogP contribution is 2.41. The van der Waals surface area contributed by atoms with E-state index in [0.29, 0.717) is 0 Å². The van der Waals surface area contributed by atoms with E-state index in [4.69, 9.17) is 4.99 Å². The molecule has 0 N–H and O–H groups in total. The van der Waals surface area contributed by atoms with Gasteiger partial charge in [-0.25, -0.2) is 0 Å². The van der Waals surface area contributed by atoms with Crippen LogP contribution in [0.1, 0.15) is 12.0 Å². The SMILES string of the molecule is Brc1ccc2c(c1)-c1ccccc1C1=NCCCN12. The van der Waals surface area contributed by atoms with Gasteiger partial charge in [0.25, 0.3) is 0 Å². The summed E-state index contributed by atoms with van der Waals surface area (Å²) in [4.78, 5) is 7.10. The van der Waals surface area contributed by atoms with E-state index in [0.717, 1.165) is 29.8 Å². The molecule has 0 aromatic heterocycles. The van der Waals surface area contributed by atoms with Crippen LogP contribution in [0.4, 0.5) is 5.69 Å². The molecular formula is C16H13BrN2. The zero-order valence-electron chi connectivity index (χ0n) is 10.4. The molecule has 0 saturated carbocycles. The molecule has 0 radical (unpaired) electrons. The molecule has 0 saturated heterocycles. The third kappa shape index (κ3) is 1.65. The summed E-state index contributed by atoms with van der Waals surface area (Å²) in [5.74, 6) is 1.14. The second kappa shape index (κ2) is 4.20. The van der Waals surface area contributed by atoms with E-state index >= 15 is 0 Å². The van der Waals surface area contributed by atoms with E-state index in [-0.39, 0.29) is 0 Å². The summed E-state index contributed by atoms with van der Waals surface area (Å²) in [5, 5.41) is 0.